The summed E-state index contributed by atoms with van der Waals surface area (Å²) in [6.07, 6.45) is 1.31. The lowest BCUT2D eigenvalue weighted by molar-refractivity contribution is 0.0993. The van der Waals surface area contributed by atoms with Gasteiger partial charge in [0.1, 0.15) is 0 Å². The SMILES string of the molecule is O=C(Cc1ccc(Br)cc1Cl)c1ccc2c(c1)CCN2. The van der Waals surface area contributed by atoms with Gasteiger partial charge in [-0.05, 0) is 47.9 Å². The largest absolute Gasteiger partial charge is 0.384 e. The number of benzene rings is 2. The van der Waals surface area contributed by atoms with E-state index in [2.05, 4.69) is 21.2 Å². The average Bonchev–Trinajstić information content (AvgIpc) is 2.89. The number of ketones is 1. The number of rotatable bonds is 3. The quantitative estimate of drug-likeness (QED) is 0.826. The van der Waals surface area contributed by atoms with E-state index in [9.17, 15) is 4.79 Å². The molecule has 2 nitrogen and oxygen atoms in total. The summed E-state index contributed by atoms with van der Waals surface area (Å²) in [6, 6.07) is 11.5. The van der Waals surface area contributed by atoms with Gasteiger partial charge in [0.2, 0.25) is 0 Å². The van der Waals surface area contributed by atoms with Crippen LogP contribution in [0.3, 0.4) is 0 Å². The maximum Gasteiger partial charge on any atom is 0.167 e. The summed E-state index contributed by atoms with van der Waals surface area (Å²) in [5.74, 6) is 0.101. The first-order valence-electron chi connectivity index (χ1n) is 6.47. The van der Waals surface area contributed by atoms with Gasteiger partial charge in [0.05, 0.1) is 0 Å². The highest BCUT2D eigenvalue weighted by atomic mass is 79.9. The van der Waals surface area contributed by atoms with Crippen molar-refractivity contribution in [3.8, 4) is 0 Å². The molecule has 3 rings (SSSR count). The normalized spacial score (nSPS) is 12.9. The number of hydrogen-bond acceptors (Lipinski definition) is 2. The molecule has 1 N–H and O–H groups in total. The number of fused-ring (bicyclic) bond motifs is 1. The van der Waals surface area contributed by atoms with Crippen molar-refractivity contribution in [2.75, 3.05) is 11.9 Å². The number of halogens is 2. The van der Waals surface area contributed by atoms with Crippen molar-refractivity contribution in [2.24, 2.45) is 0 Å². The molecule has 0 amide bonds. The van der Waals surface area contributed by atoms with Crippen molar-refractivity contribution in [1.29, 1.82) is 0 Å². The van der Waals surface area contributed by atoms with Crippen LogP contribution in [-0.2, 0) is 12.8 Å². The molecular weight excluding hydrogens is 338 g/mol. The van der Waals surface area contributed by atoms with Gasteiger partial charge in [-0.3, -0.25) is 4.79 Å². The van der Waals surface area contributed by atoms with Gasteiger partial charge in [-0.25, -0.2) is 0 Å². The fourth-order valence-electron chi connectivity index (χ4n) is 2.42. The highest BCUT2D eigenvalue weighted by Gasteiger charge is 2.14. The molecule has 0 aromatic heterocycles. The minimum atomic E-state index is 0.101. The number of carbonyl (C=O) groups is 1. The fraction of sp³-hybridized carbons (Fsp3) is 0.188. The monoisotopic (exact) mass is 349 g/mol. The molecular formula is C16H13BrClNO. The van der Waals surface area contributed by atoms with Crippen molar-refractivity contribution in [2.45, 2.75) is 12.8 Å². The van der Waals surface area contributed by atoms with E-state index in [-0.39, 0.29) is 5.78 Å². The maximum absolute atomic E-state index is 12.4. The van der Waals surface area contributed by atoms with E-state index in [1.165, 1.54) is 5.56 Å². The molecule has 0 saturated carbocycles. The van der Waals surface area contributed by atoms with E-state index in [0.717, 1.165) is 34.3 Å². The Morgan fingerprint density at radius 1 is 1.25 bits per heavy atom. The van der Waals surface area contributed by atoms with Gasteiger partial charge >= 0.3 is 0 Å². The lowest BCUT2D eigenvalue weighted by Gasteiger charge is -2.06. The van der Waals surface area contributed by atoms with Gasteiger partial charge in [-0.1, -0.05) is 33.6 Å². The van der Waals surface area contributed by atoms with Crippen molar-refractivity contribution < 1.29 is 4.79 Å². The van der Waals surface area contributed by atoms with Crippen LogP contribution in [0, 0.1) is 0 Å². The summed E-state index contributed by atoms with van der Waals surface area (Å²) in [7, 11) is 0. The van der Waals surface area contributed by atoms with Crippen LogP contribution in [0.15, 0.2) is 40.9 Å². The number of Topliss-reactive ketones (excluding diaryl/α,β-unsaturated/α-hetero) is 1. The summed E-state index contributed by atoms with van der Waals surface area (Å²) in [5, 5.41) is 3.91. The second-order valence-electron chi connectivity index (χ2n) is 4.88. The fourth-order valence-corrected chi connectivity index (χ4v) is 3.16. The second kappa shape index (κ2) is 5.58. The molecule has 1 aliphatic rings. The number of nitrogens with one attached hydrogen (secondary N) is 1. The minimum absolute atomic E-state index is 0.101. The molecule has 2 aromatic carbocycles. The molecule has 0 bridgehead atoms. The Balaban J connectivity index is 1.82. The standard InChI is InChI=1S/C16H13BrClNO/c17-13-3-1-10(14(18)9-13)8-16(20)12-2-4-15-11(7-12)5-6-19-15/h1-4,7,9,19H,5-6,8H2. The van der Waals surface area contributed by atoms with Crippen LogP contribution >= 0.6 is 27.5 Å². The molecule has 0 spiro atoms. The average molecular weight is 351 g/mol. The summed E-state index contributed by atoms with van der Waals surface area (Å²) < 4.78 is 0.919. The first kappa shape index (κ1) is 13.7. The van der Waals surface area contributed by atoms with E-state index < -0.39 is 0 Å². The molecule has 0 fully saturated rings. The summed E-state index contributed by atoms with van der Waals surface area (Å²) in [6.45, 7) is 0.950. The Kier molecular flexibility index (Phi) is 3.81. The molecule has 20 heavy (non-hydrogen) atoms. The number of carbonyl (C=O) groups excluding carboxylic acids is 1. The van der Waals surface area contributed by atoms with Crippen molar-refractivity contribution in [3.05, 3.63) is 62.6 Å². The van der Waals surface area contributed by atoms with Gasteiger partial charge in [0.25, 0.3) is 0 Å². The van der Waals surface area contributed by atoms with Crippen LogP contribution in [0.4, 0.5) is 5.69 Å². The lowest BCUT2D eigenvalue weighted by atomic mass is 10.0. The Hall–Kier alpha value is -1.32. The van der Waals surface area contributed by atoms with Crippen LogP contribution < -0.4 is 5.32 Å². The first-order chi connectivity index (χ1) is 9.63. The van der Waals surface area contributed by atoms with Crippen LogP contribution in [0.25, 0.3) is 0 Å². The van der Waals surface area contributed by atoms with E-state index in [1.54, 1.807) is 0 Å². The number of anilines is 1. The van der Waals surface area contributed by atoms with E-state index in [1.807, 2.05) is 36.4 Å². The molecule has 0 unspecified atom stereocenters. The minimum Gasteiger partial charge on any atom is -0.384 e. The van der Waals surface area contributed by atoms with E-state index in [0.29, 0.717) is 11.4 Å². The molecule has 1 aliphatic heterocycles. The van der Waals surface area contributed by atoms with Gasteiger partial charge in [-0.2, -0.15) is 0 Å². The van der Waals surface area contributed by atoms with Crippen molar-refractivity contribution in [3.63, 3.8) is 0 Å². The highest BCUT2D eigenvalue weighted by molar-refractivity contribution is 9.10. The molecule has 1 heterocycles. The third-order valence-electron chi connectivity index (χ3n) is 3.50. The Morgan fingerprint density at radius 2 is 2.10 bits per heavy atom. The van der Waals surface area contributed by atoms with Crippen LogP contribution in [0.2, 0.25) is 5.02 Å². The van der Waals surface area contributed by atoms with Crippen LogP contribution in [0.1, 0.15) is 21.5 Å². The Bertz CT molecular complexity index is 684. The zero-order valence-electron chi connectivity index (χ0n) is 10.7. The molecule has 0 radical (unpaired) electrons. The Labute approximate surface area is 131 Å². The van der Waals surface area contributed by atoms with Gasteiger partial charge in [-0.15, -0.1) is 0 Å². The molecule has 102 valence electrons. The zero-order chi connectivity index (χ0) is 14.1. The van der Waals surface area contributed by atoms with Crippen molar-refractivity contribution in [1.82, 2.24) is 0 Å². The van der Waals surface area contributed by atoms with Gasteiger partial charge in [0, 0.05) is 33.7 Å². The van der Waals surface area contributed by atoms with Gasteiger partial charge < -0.3 is 5.32 Å². The lowest BCUT2D eigenvalue weighted by Crippen LogP contribution is -2.04. The van der Waals surface area contributed by atoms with Gasteiger partial charge in [0.15, 0.2) is 5.78 Å². The van der Waals surface area contributed by atoms with Crippen LogP contribution in [0.5, 0.6) is 0 Å². The molecule has 0 aliphatic carbocycles. The Morgan fingerprint density at radius 3 is 2.90 bits per heavy atom. The highest BCUT2D eigenvalue weighted by Crippen LogP contribution is 2.25. The molecule has 0 saturated heterocycles. The topological polar surface area (TPSA) is 29.1 Å². The first-order valence-corrected chi connectivity index (χ1v) is 7.64. The van der Waals surface area contributed by atoms with Crippen molar-refractivity contribution >= 4 is 39.0 Å². The third kappa shape index (κ3) is 2.74. The van der Waals surface area contributed by atoms with Crippen LogP contribution in [-0.4, -0.2) is 12.3 Å². The summed E-state index contributed by atoms with van der Waals surface area (Å²) in [4.78, 5) is 12.4. The predicted molar refractivity (Wildman–Crippen MR) is 85.8 cm³/mol. The predicted octanol–water partition coefficient (Wildman–Crippen LogP) is 4.50. The molecule has 0 atom stereocenters. The zero-order valence-corrected chi connectivity index (χ0v) is 13.1. The number of hydrogen-bond donors (Lipinski definition) is 1. The maximum atomic E-state index is 12.4. The van der Waals surface area contributed by atoms with E-state index >= 15 is 0 Å². The molecule has 4 heteroatoms. The van der Waals surface area contributed by atoms with E-state index in [4.69, 9.17) is 11.6 Å². The third-order valence-corrected chi connectivity index (χ3v) is 4.35. The smallest absolute Gasteiger partial charge is 0.167 e. The second-order valence-corrected chi connectivity index (χ2v) is 6.21. The summed E-state index contributed by atoms with van der Waals surface area (Å²) in [5.41, 5.74) is 3.98. The summed E-state index contributed by atoms with van der Waals surface area (Å²) >= 11 is 9.53. The molecule has 2 aromatic rings.